The van der Waals surface area contributed by atoms with E-state index in [9.17, 15) is 0 Å². The van der Waals surface area contributed by atoms with Crippen LogP contribution in [0.3, 0.4) is 0 Å². The zero-order valence-corrected chi connectivity index (χ0v) is 15.9. The highest BCUT2D eigenvalue weighted by atomic mass is 127. The Hall–Kier alpha value is -1.57. The molecule has 1 heterocycles. The molecule has 0 aliphatic rings. The number of aromatic amines is 1. The number of aliphatic imine (C=N–C) groups is 1. The average Bonchev–Trinajstić information content (AvgIpc) is 2.79. The molecule has 0 aliphatic heterocycles. The summed E-state index contributed by atoms with van der Waals surface area (Å²) in [4.78, 5) is 6.65. The highest BCUT2D eigenvalue weighted by Gasteiger charge is 2.08. The van der Waals surface area contributed by atoms with E-state index in [1.165, 1.54) is 11.1 Å². The quantitative estimate of drug-likeness (QED) is 0.461. The largest absolute Gasteiger partial charge is 0.352 e. The van der Waals surface area contributed by atoms with Gasteiger partial charge in [-0.25, -0.2) is 4.99 Å². The van der Waals surface area contributed by atoms with Crippen molar-refractivity contribution in [2.75, 3.05) is 14.1 Å². The Kier molecular flexibility index (Phi) is 7.37. The SMILES string of the molecule is Cc1n[nH]c(C)c1CNC(=NCc1ccccc1)N(C)C.I. The molecule has 6 heteroatoms. The zero-order valence-electron chi connectivity index (χ0n) is 13.6. The third-order valence-electron chi connectivity index (χ3n) is 3.38. The fraction of sp³-hybridized carbons (Fsp3) is 0.375. The smallest absolute Gasteiger partial charge is 0.194 e. The molecule has 120 valence electrons. The molecule has 22 heavy (non-hydrogen) atoms. The molecule has 2 N–H and O–H groups in total. The number of aryl methyl sites for hydroxylation is 2. The van der Waals surface area contributed by atoms with Gasteiger partial charge in [0.05, 0.1) is 12.2 Å². The number of rotatable bonds is 4. The van der Waals surface area contributed by atoms with Crippen LogP contribution in [-0.2, 0) is 13.1 Å². The number of aromatic nitrogens is 2. The summed E-state index contributed by atoms with van der Waals surface area (Å²) >= 11 is 0. The Balaban J connectivity index is 0.00000242. The third kappa shape index (κ3) is 5.01. The van der Waals surface area contributed by atoms with Crippen LogP contribution in [0.25, 0.3) is 0 Å². The van der Waals surface area contributed by atoms with Crippen LogP contribution in [0.4, 0.5) is 0 Å². The van der Waals surface area contributed by atoms with E-state index in [1.807, 2.05) is 51.0 Å². The first-order chi connectivity index (χ1) is 10.1. The van der Waals surface area contributed by atoms with E-state index in [-0.39, 0.29) is 24.0 Å². The maximum Gasteiger partial charge on any atom is 0.194 e. The molecular formula is C16H24IN5. The van der Waals surface area contributed by atoms with Gasteiger partial charge in [-0.1, -0.05) is 30.3 Å². The fourth-order valence-electron chi connectivity index (χ4n) is 2.11. The molecule has 0 saturated heterocycles. The van der Waals surface area contributed by atoms with Crippen molar-refractivity contribution in [2.45, 2.75) is 26.9 Å². The van der Waals surface area contributed by atoms with Crippen molar-refractivity contribution in [3.8, 4) is 0 Å². The van der Waals surface area contributed by atoms with Crippen LogP contribution in [0.15, 0.2) is 35.3 Å². The van der Waals surface area contributed by atoms with Gasteiger partial charge in [0.1, 0.15) is 0 Å². The van der Waals surface area contributed by atoms with E-state index in [0.29, 0.717) is 6.54 Å². The number of H-pyrrole nitrogens is 1. The molecule has 0 aliphatic carbocycles. The molecule has 0 unspecified atom stereocenters. The second-order valence-corrected chi connectivity index (χ2v) is 5.29. The van der Waals surface area contributed by atoms with Crippen LogP contribution in [0, 0.1) is 13.8 Å². The second-order valence-electron chi connectivity index (χ2n) is 5.29. The first-order valence-electron chi connectivity index (χ1n) is 7.08. The van der Waals surface area contributed by atoms with Crippen molar-refractivity contribution in [1.29, 1.82) is 0 Å². The van der Waals surface area contributed by atoms with Crippen LogP contribution in [-0.4, -0.2) is 35.2 Å². The molecule has 0 fully saturated rings. The minimum atomic E-state index is 0. The lowest BCUT2D eigenvalue weighted by Crippen LogP contribution is -2.36. The fourth-order valence-corrected chi connectivity index (χ4v) is 2.11. The second kappa shape index (κ2) is 8.77. The minimum absolute atomic E-state index is 0. The minimum Gasteiger partial charge on any atom is -0.352 e. The van der Waals surface area contributed by atoms with Crippen molar-refractivity contribution >= 4 is 29.9 Å². The molecule has 5 nitrogen and oxygen atoms in total. The molecule has 0 bridgehead atoms. The average molecular weight is 413 g/mol. The maximum absolute atomic E-state index is 4.65. The van der Waals surface area contributed by atoms with Gasteiger partial charge in [0, 0.05) is 31.9 Å². The molecule has 1 aromatic heterocycles. The maximum atomic E-state index is 4.65. The molecule has 0 atom stereocenters. The number of benzene rings is 1. The predicted octanol–water partition coefficient (Wildman–Crippen LogP) is 2.85. The van der Waals surface area contributed by atoms with E-state index in [0.717, 1.165) is 23.9 Å². The summed E-state index contributed by atoms with van der Waals surface area (Å²) in [5, 5.41) is 10.6. The topological polar surface area (TPSA) is 56.3 Å². The standard InChI is InChI=1S/C16H23N5.HI/c1-12-15(13(2)20-19-12)11-18-16(21(3)4)17-10-14-8-6-5-7-9-14;/h5-9H,10-11H2,1-4H3,(H,17,18)(H,19,20);1H. The summed E-state index contributed by atoms with van der Waals surface area (Å²) < 4.78 is 0. The summed E-state index contributed by atoms with van der Waals surface area (Å²) in [6.07, 6.45) is 0. The normalized spacial score (nSPS) is 11.0. The lowest BCUT2D eigenvalue weighted by Gasteiger charge is -2.18. The van der Waals surface area contributed by atoms with Gasteiger partial charge in [-0.15, -0.1) is 24.0 Å². The summed E-state index contributed by atoms with van der Waals surface area (Å²) in [6, 6.07) is 10.3. The van der Waals surface area contributed by atoms with Crippen LogP contribution >= 0.6 is 24.0 Å². The lowest BCUT2D eigenvalue weighted by atomic mass is 10.2. The lowest BCUT2D eigenvalue weighted by molar-refractivity contribution is 0.578. The molecule has 1 aromatic carbocycles. The highest BCUT2D eigenvalue weighted by Crippen LogP contribution is 2.08. The Morgan fingerprint density at radius 3 is 2.45 bits per heavy atom. The Morgan fingerprint density at radius 1 is 1.23 bits per heavy atom. The zero-order chi connectivity index (χ0) is 15.2. The van der Waals surface area contributed by atoms with Crippen molar-refractivity contribution in [1.82, 2.24) is 20.4 Å². The molecule has 0 radical (unpaired) electrons. The van der Waals surface area contributed by atoms with E-state index < -0.39 is 0 Å². The van der Waals surface area contributed by atoms with Crippen LogP contribution < -0.4 is 5.32 Å². The van der Waals surface area contributed by atoms with E-state index >= 15 is 0 Å². The molecule has 0 amide bonds. The Morgan fingerprint density at radius 2 is 1.91 bits per heavy atom. The molecule has 2 aromatic rings. The number of nitrogens with zero attached hydrogens (tertiary/aromatic N) is 3. The van der Waals surface area contributed by atoms with Gasteiger partial charge in [-0.05, 0) is 19.4 Å². The molecule has 0 saturated carbocycles. The van der Waals surface area contributed by atoms with Gasteiger partial charge in [0.25, 0.3) is 0 Å². The van der Waals surface area contributed by atoms with Gasteiger partial charge >= 0.3 is 0 Å². The van der Waals surface area contributed by atoms with Gasteiger partial charge < -0.3 is 10.2 Å². The Labute approximate surface area is 149 Å². The van der Waals surface area contributed by atoms with Crippen molar-refractivity contribution in [3.63, 3.8) is 0 Å². The number of nitrogens with one attached hydrogen (secondary N) is 2. The van der Waals surface area contributed by atoms with Crippen molar-refractivity contribution < 1.29 is 0 Å². The van der Waals surface area contributed by atoms with Gasteiger partial charge in [-0.2, -0.15) is 5.10 Å². The summed E-state index contributed by atoms with van der Waals surface area (Å²) in [5.74, 6) is 0.874. The Bertz CT molecular complexity index is 585. The number of halogens is 1. The van der Waals surface area contributed by atoms with Crippen LogP contribution in [0.1, 0.15) is 22.5 Å². The summed E-state index contributed by atoms with van der Waals surface area (Å²) in [6.45, 7) is 5.44. The van der Waals surface area contributed by atoms with Crippen LogP contribution in [0.5, 0.6) is 0 Å². The summed E-state index contributed by atoms with van der Waals surface area (Å²) in [7, 11) is 3.98. The van der Waals surface area contributed by atoms with E-state index in [4.69, 9.17) is 0 Å². The highest BCUT2D eigenvalue weighted by molar-refractivity contribution is 14.0. The van der Waals surface area contributed by atoms with E-state index in [2.05, 4.69) is 32.6 Å². The number of hydrogen-bond acceptors (Lipinski definition) is 2. The number of hydrogen-bond donors (Lipinski definition) is 2. The van der Waals surface area contributed by atoms with Crippen molar-refractivity contribution in [3.05, 3.63) is 52.8 Å². The third-order valence-corrected chi connectivity index (χ3v) is 3.38. The van der Waals surface area contributed by atoms with Crippen molar-refractivity contribution in [2.24, 2.45) is 4.99 Å². The molecular weight excluding hydrogens is 389 g/mol. The summed E-state index contributed by atoms with van der Waals surface area (Å²) in [5.41, 5.74) is 4.53. The molecule has 2 rings (SSSR count). The van der Waals surface area contributed by atoms with Gasteiger partial charge in [0.15, 0.2) is 5.96 Å². The predicted molar refractivity (Wildman–Crippen MR) is 102 cm³/mol. The van der Waals surface area contributed by atoms with Gasteiger partial charge in [0.2, 0.25) is 0 Å². The first-order valence-corrected chi connectivity index (χ1v) is 7.08. The van der Waals surface area contributed by atoms with Gasteiger partial charge in [-0.3, -0.25) is 5.10 Å². The first kappa shape index (κ1) is 18.5. The monoisotopic (exact) mass is 413 g/mol. The van der Waals surface area contributed by atoms with Crippen LogP contribution in [0.2, 0.25) is 0 Å². The number of guanidine groups is 1. The molecule has 0 spiro atoms. The van der Waals surface area contributed by atoms with E-state index in [1.54, 1.807) is 0 Å².